The van der Waals surface area contributed by atoms with E-state index in [1.807, 2.05) is 11.5 Å². The number of aryl methyl sites for hydroxylation is 1. The molecule has 1 amide bonds. The predicted molar refractivity (Wildman–Crippen MR) is 65.6 cm³/mol. The normalized spacial score (nSPS) is 29.7. The van der Waals surface area contributed by atoms with Crippen molar-refractivity contribution in [2.24, 2.45) is 5.92 Å². The van der Waals surface area contributed by atoms with Gasteiger partial charge < -0.3 is 15.2 Å². The first kappa shape index (κ1) is 11.6. The van der Waals surface area contributed by atoms with E-state index < -0.39 is 0 Å². The van der Waals surface area contributed by atoms with Gasteiger partial charge in [0.05, 0.1) is 12.5 Å². The van der Waals surface area contributed by atoms with Crippen LogP contribution in [0.1, 0.15) is 32.0 Å². The summed E-state index contributed by atoms with van der Waals surface area (Å²) in [5, 5.41) is 14.3. The van der Waals surface area contributed by atoms with Crippen LogP contribution in [0.25, 0.3) is 0 Å². The largest absolute Gasteiger partial charge is 0.349 e. The van der Waals surface area contributed by atoms with Crippen molar-refractivity contribution in [3.63, 3.8) is 0 Å². The van der Waals surface area contributed by atoms with E-state index in [1.165, 1.54) is 6.42 Å². The van der Waals surface area contributed by atoms with Gasteiger partial charge in [-0.05, 0) is 26.2 Å². The van der Waals surface area contributed by atoms with Crippen LogP contribution in [0.3, 0.4) is 0 Å². The van der Waals surface area contributed by atoms with Gasteiger partial charge in [0, 0.05) is 18.6 Å². The van der Waals surface area contributed by atoms with Crippen molar-refractivity contribution < 1.29 is 4.79 Å². The Bertz CT molecular complexity index is 443. The van der Waals surface area contributed by atoms with E-state index in [1.54, 1.807) is 6.33 Å². The van der Waals surface area contributed by atoms with Crippen LogP contribution in [0.4, 0.5) is 0 Å². The second-order valence-electron chi connectivity index (χ2n) is 5.14. The molecule has 0 radical (unpaired) electrons. The van der Waals surface area contributed by atoms with Crippen LogP contribution >= 0.6 is 0 Å². The Kier molecular flexibility index (Phi) is 3.03. The van der Waals surface area contributed by atoms with Gasteiger partial charge >= 0.3 is 0 Å². The fraction of sp³-hybridized carbons (Fsp3) is 0.750. The summed E-state index contributed by atoms with van der Waals surface area (Å²) >= 11 is 0. The molecule has 2 aliphatic rings. The van der Waals surface area contributed by atoms with Crippen molar-refractivity contribution in [3.8, 4) is 0 Å². The molecule has 0 saturated carbocycles. The Morgan fingerprint density at radius 3 is 3.17 bits per heavy atom. The first-order valence-corrected chi connectivity index (χ1v) is 6.68. The van der Waals surface area contributed by atoms with E-state index in [-0.39, 0.29) is 11.8 Å². The second-order valence-corrected chi connectivity index (χ2v) is 5.14. The highest BCUT2D eigenvalue weighted by Gasteiger charge is 2.42. The van der Waals surface area contributed by atoms with Gasteiger partial charge in [0.25, 0.3) is 0 Å². The van der Waals surface area contributed by atoms with Gasteiger partial charge in [0.15, 0.2) is 5.82 Å². The molecule has 3 heterocycles. The molecule has 2 aliphatic heterocycles. The molecule has 2 saturated heterocycles. The minimum atomic E-state index is 0.141. The number of hydrogen-bond acceptors (Lipinski definition) is 4. The SMILES string of the molecule is CCn1cnnc1CNC(=O)C1CC2CCC1N2. The van der Waals surface area contributed by atoms with Crippen LogP contribution in [0.15, 0.2) is 6.33 Å². The van der Waals surface area contributed by atoms with Crippen LogP contribution in [0, 0.1) is 5.92 Å². The Balaban J connectivity index is 1.56. The van der Waals surface area contributed by atoms with Gasteiger partial charge in [-0.1, -0.05) is 0 Å². The average Bonchev–Trinajstić information content (AvgIpc) is 3.10. The van der Waals surface area contributed by atoms with Crippen molar-refractivity contribution in [2.75, 3.05) is 0 Å². The average molecular weight is 249 g/mol. The molecule has 0 aromatic carbocycles. The van der Waals surface area contributed by atoms with E-state index in [2.05, 4.69) is 20.8 Å². The number of carbonyl (C=O) groups excluding carboxylic acids is 1. The molecule has 0 aliphatic carbocycles. The summed E-state index contributed by atoms with van der Waals surface area (Å²) in [6.45, 7) is 3.34. The molecular formula is C12H19N5O. The summed E-state index contributed by atoms with van der Waals surface area (Å²) in [6.07, 6.45) is 5.03. The molecule has 2 fully saturated rings. The second kappa shape index (κ2) is 4.68. The first-order valence-electron chi connectivity index (χ1n) is 6.68. The third-order valence-electron chi connectivity index (χ3n) is 4.09. The Hall–Kier alpha value is -1.43. The molecule has 18 heavy (non-hydrogen) atoms. The third-order valence-corrected chi connectivity index (χ3v) is 4.09. The number of amides is 1. The van der Waals surface area contributed by atoms with Gasteiger partial charge in [0.2, 0.25) is 5.91 Å². The number of nitrogens with zero attached hydrogens (tertiary/aromatic N) is 3. The van der Waals surface area contributed by atoms with Crippen LogP contribution in [0.5, 0.6) is 0 Å². The minimum absolute atomic E-state index is 0.141. The molecule has 2 bridgehead atoms. The van der Waals surface area contributed by atoms with E-state index in [4.69, 9.17) is 0 Å². The summed E-state index contributed by atoms with van der Waals surface area (Å²) in [7, 11) is 0. The number of rotatable bonds is 4. The zero-order valence-electron chi connectivity index (χ0n) is 10.6. The monoisotopic (exact) mass is 249 g/mol. The maximum absolute atomic E-state index is 12.1. The van der Waals surface area contributed by atoms with Crippen molar-refractivity contribution >= 4 is 5.91 Å². The van der Waals surface area contributed by atoms with Crippen LogP contribution < -0.4 is 10.6 Å². The highest BCUT2D eigenvalue weighted by atomic mass is 16.2. The number of carbonyl (C=O) groups is 1. The highest BCUT2D eigenvalue weighted by molar-refractivity contribution is 5.80. The third kappa shape index (κ3) is 2.01. The molecule has 3 unspecified atom stereocenters. The van der Waals surface area contributed by atoms with Gasteiger partial charge in [-0.25, -0.2) is 0 Å². The molecule has 1 aromatic rings. The van der Waals surface area contributed by atoms with E-state index in [0.717, 1.165) is 25.2 Å². The maximum Gasteiger partial charge on any atom is 0.225 e. The van der Waals surface area contributed by atoms with Crippen molar-refractivity contribution in [1.29, 1.82) is 0 Å². The number of aromatic nitrogens is 3. The molecule has 2 N–H and O–H groups in total. The van der Waals surface area contributed by atoms with Gasteiger partial charge in [-0.2, -0.15) is 0 Å². The standard InChI is InChI=1S/C12H19N5O/c1-2-17-7-14-16-11(17)6-13-12(18)9-5-8-3-4-10(9)15-8/h7-10,15H,2-6H2,1H3,(H,13,18). The molecule has 0 spiro atoms. The topological polar surface area (TPSA) is 71.8 Å². The van der Waals surface area contributed by atoms with Gasteiger partial charge in [0.1, 0.15) is 6.33 Å². The molecular weight excluding hydrogens is 230 g/mol. The van der Waals surface area contributed by atoms with Gasteiger partial charge in [-0.3, -0.25) is 4.79 Å². The van der Waals surface area contributed by atoms with Gasteiger partial charge in [-0.15, -0.1) is 10.2 Å². The van der Waals surface area contributed by atoms with Crippen LogP contribution in [-0.2, 0) is 17.9 Å². The van der Waals surface area contributed by atoms with Crippen molar-refractivity contribution in [1.82, 2.24) is 25.4 Å². The van der Waals surface area contributed by atoms with Crippen LogP contribution in [0.2, 0.25) is 0 Å². The number of hydrogen-bond donors (Lipinski definition) is 2. The predicted octanol–water partition coefficient (Wildman–Crippen LogP) is 0.0547. The molecule has 98 valence electrons. The van der Waals surface area contributed by atoms with Crippen molar-refractivity contribution in [3.05, 3.63) is 12.2 Å². The highest BCUT2D eigenvalue weighted by Crippen LogP contribution is 2.33. The summed E-state index contributed by atoms with van der Waals surface area (Å²) in [5.41, 5.74) is 0. The van der Waals surface area contributed by atoms with E-state index in [9.17, 15) is 4.79 Å². The zero-order chi connectivity index (χ0) is 12.5. The lowest BCUT2D eigenvalue weighted by Gasteiger charge is -2.19. The van der Waals surface area contributed by atoms with Crippen LogP contribution in [-0.4, -0.2) is 32.8 Å². The van der Waals surface area contributed by atoms with E-state index >= 15 is 0 Å². The lowest BCUT2D eigenvalue weighted by molar-refractivity contribution is -0.125. The first-order chi connectivity index (χ1) is 8.78. The minimum Gasteiger partial charge on any atom is -0.349 e. The Morgan fingerprint density at radius 1 is 1.61 bits per heavy atom. The maximum atomic E-state index is 12.1. The molecule has 3 rings (SSSR count). The molecule has 6 nitrogen and oxygen atoms in total. The smallest absolute Gasteiger partial charge is 0.225 e. The summed E-state index contributed by atoms with van der Waals surface area (Å²) in [4.78, 5) is 12.1. The fourth-order valence-electron chi connectivity index (χ4n) is 3.09. The molecule has 1 aromatic heterocycles. The number of nitrogens with one attached hydrogen (secondary N) is 2. The molecule has 6 heteroatoms. The molecule has 3 atom stereocenters. The Labute approximate surface area is 106 Å². The number of fused-ring (bicyclic) bond motifs is 2. The summed E-state index contributed by atoms with van der Waals surface area (Å²) in [6, 6.07) is 0.948. The zero-order valence-corrected chi connectivity index (χ0v) is 10.6. The fourth-order valence-corrected chi connectivity index (χ4v) is 3.09. The quantitative estimate of drug-likeness (QED) is 0.791. The van der Waals surface area contributed by atoms with Crippen molar-refractivity contribution in [2.45, 2.75) is 51.4 Å². The Morgan fingerprint density at radius 2 is 2.50 bits per heavy atom. The van der Waals surface area contributed by atoms with E-state index in [0.29, 0.717) is 18.6 Å². The summed E-state index contributed by atoms with van der Waals surface area (Å²) < 4.78 is 1.94. The lowest BCUT2D eigenvalue weighted by atomic mass is 9.88. The lowest BCUT2D eigenvalue weighted by Crippen LogP contribution is -2.37. The summed E-state index contributed by atoms with van der Waals surface area (Å²) in [5.74, 6) is 1.11.